The number of anilines is 1. The molecule has 0 radical (unpaired) electrons. The SMILES string of the molecule is Cc1ccccc1-n1nc(C(=O)Nc2ccc(Cl)c(Cl)c2)nc1-c1ccccc1. The van der Waals surface area contributed by atoms with Crippen molar-refractivity contribution in [1.29, 1.82) is 0 Å². The van der Waals surface area contributed by atoms with Crippen LogP contribution in [0.3, 0.4) is 0 Å². The van der Waals surface area contributed by atoms with Gasteiger partial charge in [-0.3, -0.25) is 4.79 Å². The van der Waals surface area contributed by atoms with E-state index >= 15 is 0 Å². The zero-order valence-corrected chi connectivity index (χ0v) is 16.9. The first-order valence-electron chi connectivity index (χ1n) is 8.88. The number of aromatic nitrogens is 3. The Bertz CT molecular complexity index is 1190. The lowest BCUT2D eigenvalue weighted by molar-refractivity contribution is 0.101. The first-order valence-corrected chi connectivity index (χ1v) is 9.63. The van der Waals surface area contributed by atoms with Crippen LogP contribution in [-0.4, -0.2) is 20.7 Å². The molecule has 7 heteroatoms. The first kappa shape index (κ1) is 19.2. The Kier molecular flexibility index (Phi) is 5.34. The second-order valence-corrected chi connectivity index (χ2v) is 7.22. The Morgan fingerprint density at radius 1 is 0.931 bits per heavy atom. The van der Waals surface area contributed by atoms with E-state index in [0.717, 1.165) is 16.8 Å². The molecule has 0 fully saturated rings. The molecule has 0 atom stereocenters. The van der Waals surface area contributed by atoms with Gasteiger partial charge in [-0.2, -0.15) is 0 Å². The molecule has 4 aromatic rings. The number of amides is 1. The van der Waals surface area contributed by atoms with E-state index in [2.05, 4.69) is 15.4 Å². The molecule has 1 heterocycles. The average molecular weight is 423 g/mol. The number of nitrogens with zero attached hydrogens (tertiary/aromatic N) is 3. The van der Waals surface area contributed by atoms with Crippen LogP contribution in [0.1, 0.15) is 16.2 Å². The zero-order valence-electron chi connectivity index (χ0n) is 15.4. The summed E-state index contributed by atoms with van der Waals surface area (Å²) < 4.78 is 1.69. The zero-order chi connectivity index (χ0) is 20.4. The van der Waals surface area contributed by atoms with Gasteiger partial charge >= 0.3 is 0 Å². The lowest BCUT2D eigenvalue weighted by atomic mass is 10.2. The Morgan fingerprint density at radius 2 is 1.66 bits per heavy atom. The summed E-state index contributed by atoms with van der Waals surface area (Å²) in [7, 11) is 0. The Balaban J connectivity index is 1.76. The number of hydrogen-bond donors (Lipinski definition) is 1. The minimum atomic E-state index is -0.437. The van der Waals surface area contributed by atoms with Gasteiger partial charge in [-0.25, -0.2) is 9.67 Å². The normalized spacial score (nSPS) is 10.7. The van der Waals surface area contributed by atoms with Crippen molar-refractivity contribution in [3.05, 3.63) is 94.2 Å². The smallest absolute Gasteiger partial charge is 0.295 e. The molecular weight excluding hydrogens is 407 g/mol. The van der Waals surface area contributed by atoms with Crippen molar-refractivity contribution in [2.45, 2.75) is 6.92 Å². The van der Waals surface area contributed by atoms with Gasteiger partial charge < -0.3 is 5.32 Å². The highest BCUT2D eigenvalue weighted by Gasteiger charge is 2.20. The molecule has 144 valence electrons. The maximum Gasteiger partial charge on any atom is 0.295 e. The monoisotopic (exact) mass is 422 g/mol. The predicted molar refractivity (Wildman–Crippen MR) is 116 cm³/mol. The molecule has 1 amide bonds. The fourth-order valence-corrected chi connectivity index (χ4v) is 3.21. The van der Waals surface area contributed by atoms with Crippen molar-refractivity contribution in [3.8, 4) is 17.1 Å². The molecule has 0 saturated carbocycles. The maximum absolute atomic E-state index is 12.8. The number of para-hydroxylation sites is 1. The highest BCUT2D eigenvalue weighted by Crippen LogP contribution is 2.26. The molecule has 3 aromatic carbocycles. The fraction of sp³-hybridized carbons (Fsp3) is 0.0455. The van der Waals surface area contributed by atoms with E-state index in [4.69, 9.17) is 23.2 Å². The summed E-state index contributed by atoms with van der Waals surface area (Å²) in [5.74, 6) is 0.199. The van der Waals surface area contributed by atoms with Gasteiger partial charge in [0.05, 0.1) is 15.7 Å². The van der Waals surface area contributed by atoms with Gasteiger partial charge in [0.25, 0.3) is 5.91 Å². The van der Waals surface area contributed by atoms with E-state index in [-0.39, 0.29) is 5.82 Å². The highest BCUT2D eigenvalue weighted by atomic mass is 35.5. The van der Waals surface area contributed by atoms with Crippen LogP contribution >= 0.6 is 23.2 Å². The molecule has 0 unspecified atom stereocenters. The number of carbonyl (C=O) groups excluding carboxylic acids is 1. The van der Waals surface area contributed by atoms with Crippen LogP contribution in [0.25, 0.3) is 17.1 Å². The van der Waals surface area contributed by atoms with Crippen LogP contribution in [0.2, 0.25) is 10.0 Å². The second-order valence-electron chi connectivity index (χ2n) is 6.41. The van der Waals surface area contributed by atoms with Crippen LogP contribution in [0.4, 0.5) is 5.69 Å². The summed E-state index contributed by atoms with van der Waals surface area (Å²) in [6.07, 6.45) is 0. The summed E-state index contributed by atoms with van der Waals surface area (Å²) in [5.41, 5.74) is 3.24. The van der Waals surface area contributed by atoms with Crippen molar-refractivity contribution in [2.75, 3.05) is 5.32 Å². The molecule has 4 rings (SSSR count). The molecule has 1 N–H and O–H groups in total. The molecule has 0 aliphatic rings. The number of carbonyl (C=O) groups is 1. The highest BCUT2D eigenvalue weighted by molar-refractivity contribution is 6.42. The first-order chi connectivity index (χ1) is 14.0. The quantitative estimate of drug-likeness (QED) is 0.451. The van der Waals surface area contributed by atoms with Gasteiger partial charge in [-0.1, -0.05) is 71.7 Å². The number of nitrogens with one attached hydrogen (secondary N) is 1. The third kappa shape index (κ3) is 4.01. The largest absolute Gasteiger partial charge is 0.319 e. The van der Waals surface area contributed by atoms with Gasteiger partial charge in [-0.15, -0.1) is 5.10 Å². The molecule has 0 aliphatic heterocycles. The average Bonchev–Trinajstić information content (AvgIpc) is 3.17. The minimum Gasteiger partial charge on any atom is -0.319 e. The van der Waals surface area contributed by atoms with Crippen molar-refractivity contribution in [1.82, 2.24) is 14.8 Å². The van der Waals surface area contributed by atoms with Crippen molar-refractivity contribution in [3.63, 3.8) is 0 Å². The van der Waals surface area contributed by atoms with E-state index in [1.165, 1.54) is 0 Å². The van der Waals surface area contributed by atoms with E-state index < -0.39 is 5.91 Å². The van der Waals surface area contributed by atoms with E-state index in [0.29, 0.717) is 21.6 Å². The summed E-state index contributed by atoms with van der Waals surface area (Å²) in [6.45, 7) is 1.99. The summed E-state index contributed by atoms with van der Waals surface area (Å²) in [4.78, 5) is 17.3. The van der Waals surface area contributed by atoms with Gasteiger partial charge in [0, 0.05) is 11.3 Å². The molecular formula is C22H16Cl2N4O. The fourth-order valence-electron chi connectivity index (χ4n) is 2.91. The van der Waals surface area contributed by atoms with Crippen molar-refractivity contribution in [2.24, 2.45) is 0 Å². The second kappa shape index (κ2) is 8.07. The Morgan fingerprint density at radius 3 is 2.38 bits per heavy atom. The van der Waals surface area contributed by atoms with Crippen molar-refractivity contribution >= 4 is 34.8 Å². The van der Waals surface area contributed by atoms with Gasteiger partial charge in [0.15, 0.2) is 5.82 Å². The Hall–Kier alpha value is -3.15. The molecule has 0 saturated heterocycles. The molecule has 0 spiro atoms. The number of benzene rings is 3. The molecule has 0 bridgehead atoms. The topological polar surface area (TPSA) is 59.8 Å². The van der Waals surface area contributed by atoms with Gasteiger partial charge in [0.2, 0.25) is 5.82 Å². The van der Waals surface area contributed by atoms with Crippen LogP contribution in [-0.2, 0) is 0 Å². The number of rotatable bonds is 4. The summed E-state index contributed by atoms with van der Waals surface area (Å²) in [5, 5.41) is 8.02. The van der Waals surface area contributed by atoms with E-state index in [9.17, 15) is 4.79 Å². The lowest BCUT2D eigenvalue weighted by Gasteiger charge is -2.08. The Labute approximate surface area is 177 Å². The number of aryl methyl sites for hydroxylation is 1. The summed E-state index contributed by atoms with van der Waals surface area (Å²) in [6, 6.07) is 22.3. The van der Waals surface area contributed by atoms with E-state index in [1.54, 1.807) is 22.9 Å². The third-order valence-electron chi connectivity index (χ3n) is 4.36. The predicted octanol–water partition coefficient (Wildman–Crippen LogP) is 5.80. The molecule has 29 heavy (non-hydrogen) atoms. The van der Waals surface area contributed by atoms with Crippen LogP contribution in [0, 0.1) is 6.92 Å². The molecule has 1 aromatic heterocycles. The van der Waals surface area contributed by atoms with Crippen LogP contribution in [0.15, 0.2) is 72.8 Å². The summed E-state index contributed by atoms with van der Waals surface area (Å²) >= 11 is 12.0. The standard InChI is InChI=1S/C22H16Cl2N4O/c1-14-7-5-6-10-19(14)28-21(15-8-3-2-4-9-15)26-20(27-28)22(29)25-16-11-12-17(23)18(24)13-16/h2-13H,1H3,(H,25,29). The minimum absolute atomic E-state index is 0.0539. The lowest BCUT2D eigenvalue weighted by Crippen LogP contribution is -2.14. The maximum atomic E-state index is 12.8. The third-order valence-corrected chi connectivity index (χ3v) is 5.10. The van der Waals surface area contributed by atoms with Crippen LogP contribution in [0.5, 0.6) is 0 Å². The van der Waals surface area contributed by atoms with E-state index in [1.807, 2.05) is 61.5 Å². The van der Waals surface area contributed by atoms with Gasteiger partial charge in [-0.05, 0) is 36.8 Å². The number of hydrogen-bond acceptors (Lipinski definition) is 3. The number of halogens is 2. The molecule has 5 nitrogen and oxygen atoms in total. The van der Waals surface area contributed by atoms with Crippen LogP contribution < -0.4 is 5.32 Å². The van der Waals surface area contributed by atoms with Gasteiger partial charge in [0.1, 0.15) is 0 Å². The van der Waals surface area contributed by atoms with Crippen molar-refractivity contribution < 1.29 is 4.79 Å². The molecule has 0 aliphatic carbocycles.